The van der Waals surface area contributed by atoms with Crippen LogP contribution in [0, 0.1) is 35.0 Å². The van der Waals surface area contributed by atoms with E-state index in [9.17, 15) is 0 Å². The van der Waals surface area contributed by atoms with E-state index in [4.69, 9.17) is 5.26 Å². The van der Waals surface area contributed by atoms with Gasteiger partial charge < -0.3 is 5.32 Å². The molecule has 4 heteroatoms. The summed E-state index contributed by atoms with van der Waals surface area (Å²) in [4.78, 5) is 8.47. The highest BCUT2D eigenvalue weighted by molar-refractivity contribution is 5.34. The fourth-order valence-electron chi connectivity index (χ4n) is 2.74. The molecule has 1 heterocycles. The molecule has 0 radical (unpaired) electrons. The Morgan fingerprint density at radius 3 is 2.39 bits per heavy atom. The summed E-state index contributed by atoms with van der Waals surface area (Å²) in [6.45, 7) is 11.9. The maximum Gasteiger partial charge on any atom is 0.224 e. The zero-order valence-corrected chi connectivity index (χ0v) is 11.7. The smallest absolute Gasteiger partial charge is 0.224 e. The zero-order valence-electron chi connectivity index (χ0n) is 11.7. The average Bonchev–Trinajstić information content (AvgIpc) is 2.66. The van der Waals surface area contributed by atoms with Crippen LogP contribution < -0.4 is 5.32 Å². The highest BCUT2D eigenvalue weighted by atomic mass is 15.1. The van der Waals surface area contributed by atoms with Gasteiger partial charge in [-0.3, -0.25) is 0 Å². The molecule has 18 heavy (non-hydrogen) atoms. The third-order valence-electron chi connectivity index (χ3n) is 4.75. The first-order chi connectivity index (χ1) is 8.29. The van der Waals surface area contributed by atoms with Crippen molar-refractivity contribution in [2.75, 3.05) is 11.9 Å². The maximum atomic E-state index is 8.87. The van der Waals surface area contributed by atoms with Gasteiger partial charge >= 0.3 is 0 Å². The van der Waals surface area contributed by atoms with Crippen LogP contribution in [0.15, 0.2) is 6.07 Å². The van der Waals surface area contributed by atoms with E-state index in [1.165, 1.54) is 0 Å². The Labute approximate surface area is 108 Å². The topological polar surface area (TPSA) is 61.6 Å². The molecule has 0 aliphatic heterocycles. The van der Waals surface area contributed by atoms with Crippen LogP contribution in [0.5, 0.6) is 0 Å². The number of rotatable bonds is 3. The van der Waals surface area contributed by atoms with Gasteiger partial charge in [-0.05, 0) is 29.7 Å². The van der Waals surface area contributed by atoms with Gasteiger partial charge in [0.15, 0.2) is 0 Å². The molecule has 1 N–H and O–H groups in total. The van der Waals surface area contributed by atoms with E-state index in [1.807, 2.05) is 6.92 Å². The normalized spacial score (nSPS) is 20.2. The number of aryl methyl sites for hydroxylation is 1. The molecule has 1 aromatic heterocycles. The van der Waals surface area contributed by atoms with Crippen molar-refractivity contribution in [3.05, 3.63) is 17.5 Å². The molecule has 2 rings (SSSR count). The average molecular weight is 244 g/mol. The second kappa shape index (κ2) is 3.94. The molecule has 0 bridgehead atoms. The van der Waals surface area contributed by atoms with E-state index in [0.717, 1.165) is 12.2 Å². The summed E-state index contributed by atoms with van der Waals surface area (Å²) in [5.74, 6) is 1.17. The van der Waals surface area contributed by atoms with Crippen molar-refractivity contribution in [3.63, 3.8) is 0 Å². The molecule has 1 saturated carbocycles. The summed E-state index contributed by atoms with van der Waals surface area (Å²) >= 11 is 0. The standard InChI is InChI=1S/C14H20N4/c1-9-6-10(7-15)18-12(17-9)16-8-11-13(2,3)14(11,4)5/h6,11H,8H2,1-5H3,(H,16,17,18). The van der Waals surface area contributed by atoms with Crippen LogP contribution in [0.1, 0.15) is 39.1 Å². The lowest BCUT2D eigenvalue weighted by Gasteiger charge is -2.06. The molecule has 0 atom stereocenters. The minimum absolute atomic E-state index is 0.349. The van der Waals surface area contributed by atoms with Gasteiger partial charge in [-0.1, -0.05) is 27.7 Å². The Morgan fingerprint density at radius 1 is 1.28 bits per heavy atom. The molecule has 0 unspecified atom stereocenters. The van der Waals surface area contributed by atoms with Gasteiger partial charge in [0.1, 0.15) is 11.8 Å². The number of anilines is 1. The highest BCUT2D eigenvalue weighted by Crippen LogP contribution is 2.68. The molecule has 1 aliphatic carbocycles. The number of hydrogen-bond donors (Lipinski definition) is 1. The van der Waals surface area contributed by atoms with Crippen LogP contribution >= 0.6 is 0 Å². The van der Waals surface area contributed by atoms with E-state index in [1.54, 1.807) is 6.07 Å². The summed E-state index contributed by atoms with van der Waals surface area (Å²) in [5.41, 5.74) is 1.93. The summed E-state index contributed by atoms with van der Waals surface area (Å²) < 4.78 is 0. The predicted octanol–water partition coefficient (Wildman–Crippen LogP) is 2.75. The van der Waals surface area contributed by atoms with Gasteiger partial charge in [-0.15, -0.1) is 0 Å². The van der Waals surface area contributed by atoms with Crippen molar-refractivity contribution in [2.24, 2.45) is 16.7 Å². The van der Waals surface area contributed by atoms with Gasteiger partial charge in [0, 0.05) is 12.2 Å². The molecule has 0 spiro atoms. The van der Waals surface area contributed by atoms with Gasteiger partial charge in [0.05, 0.1) is 0 Å². The van der Waals surface area contributed by atoms with Crippen molar-refractivity contribution in [1.29, 1.82) is 5.26 Å². The lowest BCUT2D eigenvalue weighted by atomic mass is 10.0. The fraction of sp³-hybridized carbons (Fsp3) is 0.643. The van der Waals surface area contributed by atoms with Gasteiger partial charge in [-0.25, -0.2) is 9.97 Å². The van der Waals surface area contributed by atoms with E-state index in [2.05, 4.69) is 49.0 Å². The van der Waals surface area contributed by atoms with Crippen molar-refractivity contribution < 1.29 is 0 Å². The number of nitriles is 1. The zero-order chi connectivity index (χ0) is 13.6. The van der Waals surface area contributed by atoms with Crippen LogP contribution in [0.4, 0.5) is 5.95 Å². The highest BCUT2D eigenvalue weighted by Gasteiger charge is 2.64. The molecule has 1 aromatic rings. The third kappa shape index (κ3) is 1.94. The predicted molar refractivity (Wildman–Crippen MR) is 71.0 cm³/mol. The first-order valence-electron chi connectivity index (χ1n) is 6.28. The number of aromatic nitrogens is 2. The van der Waals surface area contributed by atoms with Crippen LogP contribution in [0.3, 0.4) is 0 Å². The number of nitrogens with one attached hydrogen (secondary N) is 1. The van der Waals surface area contributed by atoms with Crippen molar-refractivity contribution in [2.45, 2.75) is 34.6 Å². The Morgan fingerprint density at radius 2 is 1.89 bits per heavy atom. The summed E-state index contributed by atoms with van der Waals surface area (Å²) in [7, 11) is 0. The second-order valence-electron chi connectivity index (χ2n) is 6.21. The first-order valence-corrected chi connectivity index (χ1v) is 6.28. The lowest BCUT2D eigenvalue weighted by Crippen LogP contribution is -2.11. The van der Waals surface area contributed by atoms with Crippen LogP contribution in [0.2, 0.25) is 0 Å². The molecular weight excluding hydrogens is 224 g/mol. The Kier molecular flexibility index (Phi) is 2.81. The minimum atomic E-state index is 0.349. The molecule has 96 valence electrons. The lowest BCUT2D eigenvalue weighted by molar-refractivity contribution is 0.457. The molecule has 0 amide bonds. The summed E-state index contributed by atoms with van der Waals surface area (Å²) in [5, 5.41) is 12.1. The molecular formula is C14H20N4. The number of nitrogens with zero attached hydrogens (tertiary/aromatic N) is 3. The van der Waals surface area contributed by atoms with E-state index >= 15 is 0 Å². The molecule has 0 aromatic carbocycles. The van der Waals surface area contributed by atoms with Gasteiger partial charge in [0.2, 0.25) is 5.95 Å². The molecule has 1 aliphatic rings. The maximum absolute atomic E-state index is 8.87. The first kappa shape index (κ1) is 12.8. The van der Waals surface area contributed by atoms with Gasteiger partial charge in [0.25, 0.3) is 0 Å². The van der Waals surface area contributed by atoms with Crippen LogP contribution in [-0.4, -0.2) is 16.5 Å². The monoisotopic (exact) mass is 244 g/mol. The molecule has 4 nitrogen and oxygen atoms in total. The Balaban J connectivity index is 2.05. The van der Waals surface area contributed by atoms with Crippen molar-refractivity contribution >= 4 is 5.95 Å². The number of hydrogen-bond acceptors (Lipinski definition) is 4. The molecule has 0 saturated heterocycles. The third-order valence-corrected chi connectivity index (χ3v) is 4.75. The van der Waals surface area contributed by atoms with Crippen LogP contribution in [-0.2, 0) is 0 Å². The van der Waals surface area contributed by atoms with E-state index < -0.39 is 0 Å². The summed E-state index contributed by atoms with van der Waals surface area (Å²) in [6.07, 6.45) is 0. The van der Waals surface area contributed by atoms with Crippen LogP contribution in [0.25, 0.3) is 0 Å². The van der Waals surface area contributed by atoms with Gasteiger partial charge in [-0.2, -0.15) is 5.26 Å². The van der Waals surface area contributed by atoms with E-state index in [0.29, 0.717) is 28.4 Å². The van der Waals surface area contributed by atoms with E-state index in [-0.39, 0.29) is 0 Å². The quantitative estimate of drug-likeness (QED) is 0.888. The largest absolute Gasteiger partial charge is 0.354 e. The fourth-order valence-corrected chi connectivity index (χ4v) is 2.74. The van der Waals surface area contributed by atoms with Crippen molar-refractivity contribution in [3.8, 4) is 6.07 Å². The summed E-state index contributed by atoms with van der Waals surface area (Å²) in [6, 6.07) is 3.74. The SMILES string of the molecule is Cc1cc(C#N)nc(NCC2C(C)(C)C2(C)C)n1. The minimum Gasteiger partial charge on any atom is -0.354 e. The Bertz CT molecular complexity index is 497. The Hall–Kier alpha value is -1.63. The molecule has 1 fully saturated rings. The van der Waals surface area contributed by atoms with Crippen molar-refractivity contribution in [1.82, 2.24) is 9.97 Å². The second-order valence-corrected chi connectivity index (χ2v) is 6.21.